The molecule has 1 aromatic carbocycles. The number of hydrogen-bond acceptors (Lipinski definition) is 5. The van der Waals surface area contributed by atoms with E-state index in [0.717, 1.165) is 5.56 Å². The van der Waals surface area contributed by atoms with Crippen molar-refractivity contribution >= 4 is 5.82 Å². The second-order valence-electron chi connectivity index (χ2n) is 6.86. The number of aliphatic hydroxyl groups is 1. The summed E-state index contributed by atoms with van der Waals surface area (Å²) in [7, 11) is 1.57. The first-order valence-corrected chi connectivity index (χ1v) is 8.59. The fourth-order valence-corrected chi connectivity index (χ4v) is 3.39. The third-order valence-corrected chi connectivity index (χ3v) is 4.69. The van der Waals surface area contributed by atoms with Crippen molar-refractivity contribution in [3.8, 4) is 0 Å². The third-order valence-electron chi connectivity index (χ3n) is 4.69. The van der Waals surface area contributed by atoms with Gasteiger partial charge in [0.15, 0.2) is 0 Å². The van der Waals surface area contributed by atoms with Gasteiger partial charge in [-0.2, -0.15) is 0 Å². The van der Waals surface area contributed by atoms with E-state index in [9.17, 15) is 9.90 Å². The molecule has 0 spiro atoms. The Morgan fingerprint density at radius 2 is 2.08 bits per heavy atom. The van der Waals surface area contributed by atoms with Crippen LogP contribution >= 0.6 is 0 Å². The monoisotopic (exact) mass is 343 g/mol. The molecule has 0 aliphatic carbocycles. The number of aromatic nitrogens is 2. The van der Waals surface area contributed by atoms with E-state index in [1.54, 1.807) is 7.11 Å². The van der Waals surface area contributed by atoms with Gasteiger partial charge >= 0.3 is 0 Å². The number of nitrogens with zero attached hydrogens (tertiary/aromatic N) is 2. The zero-order valence-corrected chi connectivity index (χ0v) is 14.8. The molecule has 6 nitrogen and oxygen atoms in total. The molecule has 1 aliphatic heterocycles. The maximum atomic E-state index is 11.8. The maximum Gasteiger partial charge on any atom is 0.253 e. The molecule has 0 saturated carbocycles. The summed E-state index contributed by atoms with van der Waals surface area (Å²) in [4.78, 5) is 21.0. The zero-order chi connectivity index (χ0) is 17.9. The SMILES string of the molecule is COCc1nc(N2CCC(O)(Cc3cccc(C)c3)CC2)cc(=O)[nH]1. The lowest BCUT2D eigenvalue weighted by Gasteiger charge is -2.39. The molecule has 2 N–H and O–H groups in total. The lowest BCUT2D eigenvalue weighted by atomic mass is 9.85. The summed E-state index contributed by atoms with van der Waals surface area (Å²) in [6.45, 7) is 3.68. The van der Waals surface area contributed by atoms with Gasteiger partial charge in [-0.15, -0.1) is 0 Å². The fourth-order valence-electron chi connectivity index (χ4n) is 3.39. The molecular formula is C19H25N3O3. The molecule has 0 unspecified atom stereocenters. The second kappa shape index (κ2) is 7.37. The average molecular weight is 343 g/mol. The molecular weight excluding hydrogens is 318 g/mol. The Hall–Kier alpha value is -2.18. The average Bonchev–Trinajstić information content (AvgIpc) is 2.55. The molecule has 134 valence electrons. The smallest absolute Gasteiger partial charge is 0.253 e. The number of anilines is 1. The van der Waals surface area contributed by atoms with E-state index < -0.39 is 5.60 Å². The van der Waals surface area contributed by atoms with Gasteiger partial charge in [0.05, 0.1) is 5.60 Å². The van der Waals surface area contributed by atoms with E-state index in [-0.39, 0.29) is 12.2 Å². The van der Waals surface area contributed by atoms with Crippen molar-refractivity contribution in [3.63, 3.8) is 0 Å². The summed E-state index contributed by atoms with van der Waals surface area (Å²) in [6, 6.07) is 9.78. The molecule has 1 aliphatic rings. The molecule has 2 aromatic rings. The van der Waals surface area contributed by atoms with Gasteiger partial charge in [0.25, 0.3) is 5.56 Å². The van der Waals surface area contributed by atoms with Gasteiger partial charge in [0.2, 0.25) is 0 Å². The molecule has 0 radical (unpaired) electrons. The Kier molecular flexibility index (Phi) is 5.20. The van der Waals surface area contributed by atoms with Crippen molar-refractivity contribution in [1.29, 1.82) is 0 Å². The minimum absolute atomic E-state index is 0.183. The molecule has 1 fully saturated rings. The summed E-state index contributed by atoms with van der Waals surface area (Å²) in [5, 5.41) is 10.9. The number of hydrogen-bond donors (Lipinski definition) is 2. The van der Waals surface area contributed by atoms with Crippen molar-refractivity contribution < 1.29 is 9.84 Å². The van der Waals surface area contributed by atoms with Crippen molar-refractivity contribution in [3.05, 3.63) is 57.6 Å². The first-order valence-electron chi connectivity index (χ1n) is 8.59. The first-order chi connectivity index (χ1) is 12.0. The molecule has 0 bridgehead atoms. The molecule has 25 heavy (non-hydrogen) atoms. The Balaban J connectivity index is 1.68. The summed E-state index contributed by atoms with van der Waals surface area (Å²) in [6.07, 6.45) is 1.95. The third kappa shape index (κ3) is 4.46. The Morgan fingerprint density at radius 3 is 2.76 bits per heavy atom. The molecule has 6 heteroatoms. The number of ether oxygens (including phenoxy) is 1. The van der Waals surface area contributed by atoms with Crippen molar-refractivity contribution in [1.82, 2.24) is 9.97 Å². The standard InChI is InChI=1S/C19H25N3O3/c1-14-4-3-5-15(10-14)12-19(24)6-8-22(9-7-19)17-11-18(23)21-16(20-17)13-25-2/h3-5,10-11,24H,6-9,12-13H2,1-2H3,(H,20,21,23). The van der Waals surface area contributed by atoms with Gasteiger partial charge in [-0.3, -0.25) is 4.79 Å². The van der Waals surface area contributed by atoms with E-state index in [2.05, 4.69) is 40.0 Å². The van der Waals surface area contributed by atoms with Crippen LogP contribution in [0.15, 0.2) is 35.1 Å². The molecule has 1 saturated heterocycles. The van der Waals surface area contributed by atoms with E-state index in [4.69, 9.17) is 4.74 Å². The van der Waals surface area contributed by atoms with E-state index >= 15 is 0 Å². The van der Waals surface area contributed by atoms with Crippen molar-refractivity contribution in [2.75, 3.05) is 25.1 Å². The van der Waals surface area contributed by atoms with Crippen molar-refractivity contribution in [2.45, 2.75) is 38.4 Å². The number of aryl methyl sites for hydroxylation is 1. The van der Waals surface area contributed by atoms with E-state index in [1.165, 1.54) is 11.6 Å². The lowest BCUT2D eigenvalue weighted by molar-refractivity contribution is 0.0164. The molecule has 0 amide bonds. The fraction of sp³-hybridized carbons (Fsp3) is 0.474. The Labute approximate surface area is 147 Å². The van der Waals surface area contributed by atoms with Gasteiger partial charge in [-0.05, 0) is 25.3 Å². The topological polar surface area (TPSA) is 78.5 Å². The van der Waals surface area contributed by atoms with Crippen LogP contribution in [0, 0.1) is 6.92 Å². The van der Waals surface area contributed by atoms with E-state index in [1.807, 2.05) is 6.07 Å². The highest BCUT2D eigenvalue weighted by atomic mass is 16.5. The van der Waals surface area contributed by atoms with Crippen LogP contribution in [0.1, 0.15) is 29.8 Å². The van der Waals surface area contributed by atoms with Crippen LogP contribution in [0.25, 0.3) is 0 Å². The van der Waals surface area contributed by atoms with Gasteiger partial charge in [-0.1, -0.05) is 29.8 Å². The minimum atomic E-state index is -0.707. The lowest BCUT2D eigenvalue weighted by Crippen LogP contribution is -2.46. The van der Waals surface area contributed by atoms with Crippen LogP contribution in [-0.4, -0.2) is 40.9 Å². The van der Waals surface area contributed by atoms with Crippen LogP contribution in [0.3, 0.4) is 0 Å². The molecule has 1 aromatic heterocycles. The van der Waals surface area contributed by atoms with Gasteiger partial charge in [-0.25, -0.2) is 4.98 Å². The van der Waals surface area contributed by atoms with E-state index in [0.29, 0.717) is 44.0 Å². The van der Waals surface area contributed by atoms with Gasteiger partial charge < -0.3 is 19.7 Å². The van der Waals surface area contributed by atoms with Crippen LogP contribution < -0.4 is 10.5 Å². The van der Waals surface area contributed by atoms with Crippen molar-refractivity contribution in [2.24, 2.45) is 0 Å². The summed E-state index contributed by atoms with van der Waals surface area (Å²) >= 11 is 0. The highest BCUT2D eigenvalue weighted by Gasteiger charge is 2.33. The summed E-state index contributed by atoms with van der Waals surface area (Å²) in [5.41, 5.74) is 1.48. The highest BCUT2D eigenvalue weighted by Crippen LogP contribution is 2.28. The van der Waals surface area contributed by atoms with Crippen LogP contribution in [-0.2, 0) is 17.8 Å². The summed E-state index contributed by atoms with van der Waals surface area (Å²) in [5.74, 6) is 1.17. The van der Waals surface area contributed by atoms with Gasteiger partial charge in [0, 0.05) is 32.7 Å². The number of benzene rings is 1. The predicted octanol–water partition coefficient (Wildman–Crippen LogP) is 1.80. The molecule has 3 rings (SSSR count). The number of rotatable bonds is 5. The maximum absolute atomic E-state index is 11.8. The number of H-pyrrole nitrogens is 1. The molecule has 2 heterocycles. The largest absolute Gasteiger partial charge is 0.389 e. The normalized spacial score (nSPS) is 16.8. The number of aromatic amines is 1. The number of nitrogens with one attached hydrogen (secondary N) is 1. The van der Waals surface area contributed by atoms with Gasteiger partial charge in [0.1, 0.15) is 18.2 Å². The highest BCUT2D eigenvalue weighted by molar-refractivity contribution is 5.38. The zero-order valence-electron chi connectivity index (χ0n) is 14.8. The minimum Gasteiger partial charge on any atom is -0.389 e. The number of piperidine rings is 1. The summed E-state index contributed by atoms with van der Waals surface area (Å²) < 4.78 is 5.04. The quantitative estimate of drug-likeness (QED) is 0.865. The predicted molar refractivity (Wildman–Crippen MR) is 96.9 cm³/mol. The molecule has 0 atom stereocenters. The number of methoxy groups -OCH3 is 1. The van der Waals surface area contributed by atoms with Crippen LogP contribution in [0.4, 0.5) is 5.82 Å². The Morgan fingerprint density at radius 1 is 1.32 bits per heavy atom. The van der Waals surface area contributed by atoms with Crippen LogP contribution in [0.5, 0.6) is 0 Å². The Bertz CT molecular complexity index is 779. The van der Waals surface area contributed by atoms with Crippen LogP contribution in [0.2, 0.25) is 0 Å². The first kappa shape index (κ1) is 17.6. The second-order valence-corrected chi connectivity index (χ2v) is 6.86.